The number of rotatable bonds is 5. The van der Waals surface area contributed by atoms with Gasteiger partial charge in [0.1, 0.15) is 0 Å². The summed E-state index contributed by atoms with van der Waals surface area (Å²) in [6.07, 6.45) is 2.53. The molecule has 1 heterocycles. The average molecular weight is 229 g/mol. The van der Waals surface area contributed by atoms with Gasteiger partial charge in [0.25, 0.3) is 0 Å². The van der Waals surface area contributed by atoms with E-state index in [1.165, 1.54) is 0 Å². The number of carbonyl (C=O) groups is 1. The third kappa shape index (κ3) is 3.73. The van der Waals surface area contributed by atoms with E-state index < -0.39 is 0 Å². The third-order valence-corrected chi connectivity index (χ3v) is 3.31. The Hall–Kier alpha value is -0.650. The van der Waals surface area contributed by atoms with Crippen LogP contribution in [0.4, 0.5) is 0 Å². The van der Waals surface area contributed by atoms with Gasteiger partial charge < -0.3 is 15.8 Å². The number of nitrogens with one attached hydrogen (secondary N) is 1. The lowest BCUT2D eigenvalue weighted by atomic mass is 10.0. The van der Waals surface area contributed by atoms with Gasteiger partial charge in [0, 0.05) is 45.3 Å². The molecule has 3 N–H and O–H groups in total. The topological polar surface area (TPSA) is 67.6 Å². The summed E-state index contributed by atoms with van der Waals surface area (Å²) < 4.78 is 5.33. The molecule has 5 nitrogen and oxygen atoms in total. The Morgan fingerprint density at radius 1 is 1.56 bits per heavy atom. The fourth-order valence-corrected chi connectivity index (χ4v) is 2.10. The van der Waals surface area contributed by atoms with Crippen molar-refractivity contribution in [3.63, 3.8) is 0 Å². The molecule has 1 rings (SSSR count). The van der Waals surface area contributed by atoms with Gasteiger partial charge in [-0.25, -0.2) is 0 Å². The molecular formula is C11H23N3O2. The van der Waals surface area contributed by atoms with Crippen molar-refractivity contribution in [2.75, 3.05) is 33.9 Å². The van der Waals surface area contributed by atoms with Crippen molar-refractivity contribution >= 4 is 5.91 Å². The largest absolute Gasteiger partial charge is 0.381 e. The molecule has 0 aromatic rings. The summed E-state index contributed by atoms with van der Waals surface area (Å²) in [6.45, 7) is 2.14. The predicted molar refractivity (Wildman–Crippen MR) is 63.1 cm³/mol. The van der Waals surface area contributed by atoms with Crippen LogP contribution in [0, 0.1) is 0 Å². The number of hydrogen-bond acceptors (Lipinski definition) is 4. The molecule has 1 aliphatic heterocycles. The van der Waals surface area contributed by atoms with Gasteiger partial charge in [-0.05, 0) is 19.9 Å². The van der Waals surface area contributed by atoms with E-state index in [1.54, 1.807) is 7.05 Å². The monoisotopic (exact) mass is 229 g/mol. The zero-order valence-electron chi connectivity index (χ0n) is 10.2. The van der Waals surface area contributed by atoms with Crippen LogP contribution >= 0.6 is 0 Å². The van der Waals surface area contributed by atoms with Crippen LogP contribution in [-0.4, -0.2) is 56.7 Å². The lowest BCUT2D eigenvalue weighted by Gasteiger charge is -2.36. The highest BCUT2D eigenvalue weighted by molar-refractivity contribution is 5.76. The van der Waals surface area contributed by atoms with E-state index in [0.717, 1.165) is 26.1 Å². The third-order valence-electron chi connectivity index (χ3n) is 3.31. The minimum absolute atomic E-state index is 0.0503. The number of likely N-dealkylation sites (N-methyl/N-ethyl adjacent to an activating group) is 1. The fraction of sp³-hybridized carbons (Fsp3) is 0.909. The van der Waals surface area contributed by atoms with E-state index in [2.05, 4.69) is 17.3 Å². The van der Waals surface area contributed by atoms with Crippen LogP contribution in [-0.2, 0) is 9.53 Å². The highest BCUT2D eigenvalue weighted by Gasteiger charge is 2.25. The minimum atomic E-state index is 0.0503. The molecule has 1 unspecified atom stereocenters. The molecule has 1 saturated heterocycles. The minimum Gasteiger partial charge on any atom is -0.381 e. The molecule has 0 bridgehead atoms. The first-order valence-electron chi connectivity index (χ1n) is 5.89. The first-order chi connectivity index (χ1) is 7.69. The Labute approximate surface area is 97.3 Å². The zero-order chi connectivity index (χ0) is 12.0. The van der Waals surface area contributed by atoms with Crippen molar-refractivity contribution in [3.8, 4) is 0 Å². The second kappa shape index (κ2) is 6.83. The van der Waals surface area contributed by atoms with Gasteiger partial charge in [-0.2, -0.15) is 0 Å². The van der Waals surface area contributed by atoms with Crippen molar-refractivity contribution in [2.24, 2.45) is 5.73 Å². The smallest absolute Gasteiger partial charge is 0.221 e. The fourth-order valence-electron chi connectivity index (χ4n) is 2.10. The van der Waals surface area contributed by atoms with Gasteiger partial charge in [0.05, 0.1) is 0 Å². The van der Waals surface area contributed by atoms with E-state index in [-0.39, 0.29) is 11.9 Å². The number of nitrogens with zero attached hydrogens (tertiary/aromatic N) is 1. The van der Waals surface area contributed by atoms with E-state index >= 15 is 0 Å². The second-order valence-corrected chi connectivity index (χ2v) is 4.28. The number of amides is 1. The summed E-state index contributed by atoms with van der Waals surface area (Å²) in [5.74, 6) is 0.0503. The summed E-state index contributed by atoms with van der Waals surface area (Å²) in [7, 11) is 3.71. The maximum absolute atomic E-state index is 11.4. The van der Waals surface area contributed by atoms with Gasteiger partial charge in [-0.15, -0.1) is 0 Å². The molecule has 0 saturated carbocycles. The Morgan fingerprint density at radius 2 is 2.19 bits per heavy atom. The molecule has 0 aromatic carbocycles. The maximum atomic E-state index is 11.4. The molecule has 16 heavy (non-hydrogen) atoms. The standard InChI is InChI=1S/C11H23N3O2/c1-13-11(15)7-10(8-12)14(2)9-3-5-16-6-4-9/h9-10H,3-8,12H2,1-2H3,(H,13,15). The number of nitrogens with two attached hydrogens (primary N) is 1. The Morgan fingerprint density at radius 3 is 2.69 bits per heavy atom. The van der Waals surface area contributed by atoms with Crippen LogP contribution in [0.1, 0.15) is 19.3 Å². The molecule has 94 valence electrons. The highest BCUT2D eigenvalue weighted by Crippen LogP contribution is 2.16. The van der Waals surface area contributed by atoms with E-state index in [4.69, 9.17) is 10.5 Å². The first-order valence-corrected chi connectivity index (χ1v) is 5.89. The van der Waals surface area contributed by atoms with Crippen molar-refractivity contribution in [2.45, 2.75) is 31.3 Å². The van der Waals surface area contributed by atoms with Gasteiger partial charge >= 0.3 is 0 Å². The molecular weight excluding hydrogens is 206 g/mol. The predicted octanol–water partition coefficient (Wildman–Crippen LogP) is -0.439. The molecule has 0 aliphatic carbocycles. The Balaban J connectivity index is 2.46. The maximum Gasteiger partial charge on any atom is 0.221 e. The van der Waals surface area contributed by atoms with Gasteiger partial charge in [0.2, 0.25) is 5.91 Å². The summed E-state index contributed by atoms with van der Waals surface area (Å²) in [4.78, 5) is 13.6. The zero-order valence-corrected chi connectivity index (χ0v) is 10.2. The van der Waals surface area contributed by atoms with Crippen LogP contribution in [0.15, 0.2) is 0 Å². The van der Waals surface area contributed by atoms with Gasteiger partial charge in [-0.1, -0.05) is 0 Å². The number of hydrogen-bond donors (Lipinski definition) is 2. The van der Waals surface area contributed by atoms with Crippen molar-refractivity contribution < 1.29 is 9.53 Å². The molecule has 0 aromatic heterocycles. The molecule has 1 aliphatic rings. The summed E-state index contributed by atoms with van der Waals surface area (Å²) in [5, 5.41) is 2.64. The quantitative estimate of drug-likeness (QED) is 0.671. The van der Waals surface area contributed by atoms with Crippen LogP contribution in [0.2, 0.25) is 0 Å². The van der Waals surface area contributed by atoms with Gasteiger partial charge in [0.15, 0.2) is 0 Å². The van der Waals surface area contributed by atoms with E-state index in [1.807, 2.05) is 0 Å². The van der Waals surface area contributed by atoms with E-state index in [9.17, 15) is 4.79 Å². The molecule has 0 spiro atoms. The SMILES string of the molecule is CNC(=O)CC(CN)N(C)C1CCOCC1. The van der Waals surface area contributed by atoms with Crippen LogP contribution in [0.5, 0.6) is 0 Å². The molecule has 1 fully saturated rings. The number of carbonyl (C=O) groups excluding carboxylic acids is 1. The lowest BCUT2D eigenvalue weighted by Crippen LogP contribution is -2.48. The lowest BCUT2D eigenvalue weighted by molar-refractivity contribution is -0.122. The normalized spacial score (nSPS) is 19.8. The second-order valence-electron chi connectivity index (χ2n) is 4.28. The highest BCUT2D eigenvalue weighted by atomic mass is 16.5. The van der Waals surface area contributed by atoms with Crippen molar-refractivity contribution in [3.05, 3.63) is 0 Å². The average Bonchev–Trinajstić information content (AvgIpc) is 2.35. The molecule has 0 radical (unpaired) electrons. The van der Waals surface area contributed by atoms with Crippen LogP contribution in [0.3, 0.4) is 0 Å². The Bertz CT molecular complexity index is 217. The molecule has 5 heteroatoms. The number of ether oxygens (including phenoxy) is 1. The van der Waals surface area contributed by atoms with Crippen LogP contribution < -0.4 is 11.1 Å². The van der Waals surface area contributed by atoms with Crippen molar-refractivity contribution in [1.82, 2.24) is 10.2 Å². The van der Waals surface area contributed by atoms with Crippen molar-refractivity contribution in [1.29, 1.82) is 0 Å². The summed E-state index contributed by atoms with van der Waals surface area (Å²) in [6, 6.07) is 0.620. The summed E-state index contributed by atoms with van der Waals surface area (Å²) in [5.41, 5.74) is 5.73. The van der Waals surface area contributed by atoms with Crippen LogP contribution in [0.25, 0.3) is 0 Å². The van der Waals surface area contributed by atoms with Gasteiger partial charge in [-0.3, -0.25) is 9.69 Å². The van der Waals surface area contributed by atoms with E-state index in [0.29, 0.717) is 19.0 Å². The molecule has 1 atom stereocenters. The first kappa shape index (κ1) is 13.4. The Kier molecular flexibility index (Phi) is 5.73. The summed E-state index contributed by atoms with van der Waals surface area (Å²) >= 11 is 0. The molecule has 1 amide bonds.